The summed E-state index contributed by atoms with van der Waals surface area (Å²) in [4.78, 5) is 13.9. The normalized spacial score (nSPS) is 33.9. The van der Waals surface area contributed by atoms with Crippen LogP contribution in [0.5, 0.6) is 0 Å². The van der Waals surface area contributed by atoms with Crippen LogP contribution in [0.3, 0.4) is 0 Å². The number of likely N-dealkylation sites (tertiary alicyclic amines) is 1. The Kier molecular flexibility index (Phi) is 2.04. The minimum atomic E-state index is -0.0465. The molecule has 1 atom stereocenters. The van der Waals surface area contributed by atoms with Crippen LogP contribution in [-0.4, -0.2) is 42.6 Å². The molecule has 4 heteroatoms. The lowest BCUT2D eigenvalue weighted by molar-refractivity contribution is -0.143. The van der Waals surface area contributed by atoms with Crippen LogP contribution in [-0.2, 0) is 9.53 Å². The van der Waals surface area contributed by atoms with Crippen molar-refractivity contribution >= 4 is 5.91 Å². The van der Waals surface area contributed by atoms with Gasteiger partial charge in [-0.05, 0) is 25.2 Å². The first-order valence-electron chi connectivity index (χ1n) is 5.84. The average Bonchev–Trinajstić information content (AvgIpc) is 2.89. The van der Waals surface area contributed by atoms with E-state index in [0.29, 0.717) is 12.5 Å². The molecule has 3 aliphatic rings. The maximum absolute atomic E-state index is 11.9. The van der Waals surface area contributed by atoms with E-state index in [1.807, 2.05) is 4.90 Å². The summed E-state index contributed by atoms with van der Waals surface area (Å²) in [6.45, 7) is 2.89. The zero-order chi connectivity index (χ0) is 10.5. The standard InChI is InChI=1S/C11H18N2O2/c12-11(9-1-2-9)6-13(7-11)10(14)8-3-4-15-5-8/h8-9H,1-7,12H2. The van der Waals surface area contributed by atoms with Crippen LogP contribution in [0, 0.1) is 11.8 Å². The highest BCUT2D eigenvalue weighted by molar-refractivity contribution is 5.80. The maximum Gasteiger partial charge on any atom is 0.228 e. The van der Waals surface area contributed by atoms with E-state index in [2.05, 4.69) is 0 Å². The molecule has 1 unspecified atom stereocenters. The molecule has 2 aliphatic heterocycles. The van der Waals surface area contributed by atoms with Gasteiger partial charge in [0, 0.05) is 19.7 Å². The number of nitrogens with zero attached hydrogens (tertiary/aromatic N) is 1. The highest BCUT2D eigenvalue weighted by Gasteiger charge is 2.52. The van der Waals surface area contributed by atoms with E-state index in [4.69, 9.17) is 10.5 Å². The summed E-state index contributed by atoms with van der Waals surface area (Å²) >= 11 is 0. The lowest BCUT2D eigenvalue weighted by Gasteiger charge is -2.49. The summed E-state index contributed by atoms with van der Waals surface area (Å²) < 4.78 is 5.23. The number of carbonyl (C=O) groups excluding carboxylic acids is 1. The number of amides is 1. The molecule has 0 aromatic heterocycles. The van der Waals surface area contributed by atoms with Gasteiger partial charge < -0.3 is 15.4 Å². The van der Waals surface area contributed by atoms with Crippen molar-refractivity contribution in [2.75, 3.05) is 26.3 Å². The van der Waals surface area contributed by atoms with E-state index >= 15 is 0 Å². The lowest BCUT2D eigenvalue weighted by atomic mass is 9.84. The van der Waals surface area contributed by atoms with Gasteiger partial charge >= 0.3 is 0 Å². The monoisotopic (exact) mass is 210 g/mol. The van der Waals surface area contributed by atoms with Gasteiger partial charge in [0.2, 0.25) is 5.91 Å². The highest BCUT2D eigenvalue weighted by Crippen LogP contribution is 2.43. The van der Waals surface area contributed by atoms with Crippen LogP contribution >= 0.6 is 0 Å². The van der Waals surface area contributed by atoms with Crippen LogP contribution in [0.4, 0.5) is 0 Å². The fourth-order valence-electron chi connectivity index (χ4n) is 2.72. The quantitative estimate of drug-likeness (QED) is 0.696. The summed E-state index contributed by atoms with van der Waals surface area (Å²) in [5.41, 5.74) is 6.16. The van der Waals surface area contributed by atoms with Gasteiger partial charge in [0.25, 0.3) is 0 Å². The van der Waals surface area contributed by atoms with Crippen molar-refractivity contribution in [3.8, 4) is 0 Å². The van der Waals surface area contributed by atoms with Gasteiger partial charge in [0.1, 0.15) is 0 Å². The van der Waals surface area contributed by atoms with Gasteiger partial charge in [0.15, 0.2) is 0 Å². The molecule has 1 saturated carbocycles. The Bertz CT molecular complexity index is 276. The average molecular weight is 210 g/mol. The van der Waals surface area contributed by atoms with Crippen molar-refractivity contribution in [2.45, 2.75) is 24.8 Å². The Hall–Kier alpha value is -0.610. The second kappa shape index (κ2) is 3.19. The first kappa shape index (κ1) is 9.60. The SMILES string of the molecule is NC1(C2CC2)CN(C(=O)C2CCOC2)C1. The topological polar surface area (TPSA) is 55.6 Å². The van der Waals surface area contributed by atoms with E-state index < -0.39 is 0 Å². The Morgan fingerprint density at radius 3 is 2.60 bits per heavy atom. The number of rotatable bonds is 2. The minimum Gasteiger partial charge on any atom is -0.381 e. The van der Waals surface area contributed by atoms with Crippen LogP contribution in [0.15, 0.2) is 0 Å². The summed E-state index contributed by atoms with van der Waals surface area (Å²) in [6.07, 6.45) is 3.40. The molecule has 84 valence electrons. The number of ether oxygens (including phenoxy) is 1. The predicted molar refractivity (Wildman–Crippen MR) is 55.1 cm³/mol. The second-order valence-electron chi connectivity index (χ2n) is 5.26. The van der Waals surface area contributed by atoms with Gasteiger partial charge in [-0.3, -0.25) is 4.79 Å². The Balaban J connectivity index is 1.55. The van der Waals surface area contributed by atoms with Gasteiger partial charge in [-0.25, -0.2) is 0 Å². The first-order valence-corrected chi connectivity index (χ1v) is 5.84. The molecule has 2 saturated heterocycles. The maximum atomic E-state index is 11.9. The van der Waals surface area contributed by atoms with Crippen LogP contribution in [0.2, 0.25) is 0 Å². The molecule has 0 aromatic rings. The van der Waals surface area contributed by atoms with E-state index in [0.717, 1.165) is 26.1 Å². The smallest absolute Gasteiger partial charge is 0.228 e. The minimum absolute atomic E-state index is 0.0465. The van der Waals surface area contributed by atoms with Gasteiger partial charge in [0.05, 0.1) is 18.1 Å². The number of hydrogen-bond acceptors (Lipinski definition) is 3. The molecule has 0 aromatic carbocycles. The Morgan fingerprint density at radius 2 is 2.07 bits per heavy atom. The highest BCUT2D eigenvalue weighted by atomic mass is 16.5. The van der Waals surface area contributed by atoms with Gasteiger partial charge in [-0.2, -0.15) is 0 Å². The number of nitrogens with two attached hydrogens (primary N) is 1. The summed E-state index contributed by atoms with van der Waals surface area (Å²) in [6, 6.07) is 0. The molecule has 2 heterocycles. The molecular formula is C11H18N2O2. The zero-order valence-electron chi connectivity index (χ0n) is 8.95. The fraction of sp³-hybridized carbons (Fsp3) is 0.909. The third-order valence-electron chi connectivity index (χ3n) is 3.95. The fourth-order valence-corrected chi connectivity index (χ4v) is 2.72. The van der Waals surface area contributed by atoms with E-state index in [1.165, 1.54) is 12.8 Å². The van der Waals surface area contributed by atoms with Crippen LogP contribution in [0.25, 0.3) is 0 Å². The molecule has 0 radical (unpaired) electrons. The predicted octanol–water partition coefficient (Wildman–Crippen LogP) is -0.0274. The van der Waals surface area contributed by atoms with Crippen LogP contribution in [0.1, 0.15) is 19.3 Å². The molecule has 3 fully saturated rings. The molecule has 2 N–H and O–H groups in total. The van der Waals surface area contributed by atoms with E-state index in [1.54, 1.807) is 0 Å². The third-order valence-corrected chi connectivity index (χ3v) is 3.95. The number of carbonyl (C=O) groups is 1. The molecule has 0 spiro atoms. The van der Waals surface area contributed by atoms with E-state index in [9.17, 15) is 4.79 Å². The first-order chi connectivity index (χ1) is 7.19. The van der Waals surface area contributed by atoms with Crippen LogP contribution < -0.4 is 5.73 Å². The molecule has 15 heavy (non-hydrogen) atoms. The second-order valence-corrected chi connectivity index (χ2v) is 5.26. The molecule has 1 aliphatic carbocycles. The van der Waals surface area contributed by atoms with Crippen molar-refractivity contribution in [1.82, 2.24) is 4.90 Å². The molecule has 3 rings (SSSR count). The lowest BCUT2D eigenvalue weighted by Crippen LogP contribution is -2.70. The summed E-state index contributed by atoms with van der Waals surface area (Å²) in [7, 11) is 0. The molecule has 1 amide bonds. The van der Waals surface area contributed by atoms with Crippen molar-refractivity contribution in [3.05, 3.63) is 0 Å². The molecule has 0 bridgehead atoms. The van der Waals surface area contributed by atoms with Crippen molar-refractivity contribution in [3.63, 3.8) is 0 Å². The van der Waals surface area contributed by atoms with Gasteiger partial charge in [-0.15, -0.1) is 0 Å². The Morgan fingerprint density at radius 1 is 1.33 bits per heavy atom. The molecule has 4 nitrogen and oxygen atoms in total. The van der Waals surface area contributed by atoms with Crippen molar-refractivity contribution in [1.29, 1.82) is 0 Å². The van der Waals surface area contributed by atoms with Gasteiger partial charge in [-0.1, -0.05) is 0 Å². The largest absolute Gasteiger partial charge is 0.381 e. The van der Waals surface area contributed by atoms with E-state index in [-0.39, 0.29) is 17.4 Å². The Labute approximate surface area is 89.7 Å². The van der Waals surface area contributed by atoms with Crippen molar-refractivity contribution in [2.24, 2.45) is 17.6 Å². The third kappa shape index (κ3) is 1.56. The zero-order valence-corrected chi connectivity index (χ0v) is 8.95. The summed E-state index contributed by atoms with van der Waals surface area (Å²) in [5, 5.41) is 0. The van der Waals surface area contributed by atoms with Crippen molar-refractivity contribution < 1.29 is 9.53 Å². The molecular weight excluding hydrogens is 192 g/mol. The summed E-state index contributed by atoms with van der Waals surface area (Å²) in [5.74, 6) is 1.05. The number of hydrogen-bond donors (Lipinski definition) is 1.